The van der Waals surface area contributed by atoms with Crippen molar-refractivity contribution in [2.45, 2.75) is 32.2 Å². The molecule has 2 heterocycles. The van der Waals surface area contributed by atoms with Crippen molar-refractivity contribution in [3.63, 3.8) is 0 Å². The van der Waals surface area contributed by atoms with Crippen LogP contribution in [-0.4, -0.2) is 33.0 Å². The predicted molar refractivity (Wildman–Crippen MR) is 79.3 cm³/mol. The minimum atomic E-state index is -0.713. The second-order valence-electron chi connectivity index (χ2n) is 5.96. The lowest BCUT2D eigenvalue weighted by Crippen LogP contribution is -2.35. The molecule has 0 atom stereocenters. The Morgan fingerprint density at radius 3 is 2.95 bits per heavy atom. The van der Waals surface area contributed by atoms with E-state index in [1.165, 1.54) is 6.33 Å². The van der Waals surface area contributed by atoms with Gasteiger partial charge in [0, 0.05) is 6.20 Å². The summed E-state index contributed by atoms with van der Waals surface area (Å²) >= 11 is 0. The van der Waals surface area contributed by atoms with Crippen LogP contribution in [0.3, 0.4) is 0 Å². The van der Waals surface area contributed by atoms with Crippen LogP contribution in [0.25, 0.3) is 11.0 Å². The number of H-pyrrole nitrogens is 1. The molecule has 22 heavy (non-hydrogen) atoms. The zero-order valence-electron chi connectivity index (χ0n) is 12.5. The summed E-state index contributed by atoms with van der Waals surface area (Å²) in [6, 6.07) is 2.14. The molecule has 1 fully saturated rings. The standard InChI is InChI=1S/C15H17N5O2/c1-9(2)6-22-14-11-10(5-17-12(11)18-8-19-14)13(21)20-15(7-16)3-4-15/h5,8-9H,3-4,6H2,1-2H3,(H,20,21)(H,17,18,19). The number of aromatic amines is 1. The topological polar surface area (TPSA) is 104 Å². The molecule has 7 heteroatoms. The lowest BCUT2D eigenvalue weighted by Gasteiger charge is -2.11. The second kappa shape index (κ2) is 5.30. The highest BCUT2D eigenvalue weighted by Crippen LogP contribution is 2.35. The van der Waals surface area contributed by atoms with Crippen LogP contribution in [0.4, 0.5) is 0 Å². The Morgan fingerprint density at radius 2 is 2.32 bits per heavy atom. The van der Waals surface area contributed by atoms with Crippen LogP contribution < -0.4 is 10.1 Å². The number of ether oxygens (including phenoxy) is 1. The van der Waals surface area contributed by atoms with Crippen LogP contribution in [0.2, 0.25) is 0 Å². The molecule has 0 unspecified atom stereocenters. The number of hydrogen-bond donors (Lipinski definition) is 2. The molecule has 2 N–H and O–H groups in total. The predicted octanol–water partition coefficient (Wildman–Crippen LogP) is 1.78. The molecule has 1 amide bonds. The highest BCUT2D eigenvalue weighted by molar-refractivity contribution is 6.08. The van der Waals surface area contributed by atoms with Crippen molar-refractivity contribution in [2.24, 2.45) is 5.92 Å². The molecule has 3 rings (SSSR count). The Kier molecular flexibility index (Phi) is 3.45. The first-order chi connectivity index (χ1) is 10.5. The average Bonchev–Trinajstić information content (AvgIpc) is 3.13. The van der Waals surface area contributed by atoms with Gasteiger partial charge in [-0.25, -0.2) is 9.97 Å². The van der Waals surface area contributed by atoms with Gasteiger partial charge in [-0.05, 0) is 18.8 Å². The van der Waals surface area contributed by atoms with Crippen molar-refractivity contribution in [2.75, 3.05) is 6.61 Å². The molecule has 0 aromatic carbocycles. The number of carbonyl (C=O) groups is 1. The summed E-state index contributed by atoms with van der Waals surface area (Å²) in [5, 5.41) is 12.4. The summed E-state index contributed by atoms with van der Waals surface area (Å²) < 4.78 is 5.69. The fraction of sp³-hybridized carbons (Fsp3) is 0.467. The van der Waals surface area contributed by atoms with Gasteiger partial charge in [-0.15, -0.1) is 0 Å². The monoisotopic (exact) mass is 299 g/mol. The van der Waals surface area contributed by atoms with Crippen molar-refractivity contribution in [3.05, 3.63) is 18.1 Å². The third-order valence-electron chi connectivity index (χ3n) is 3.55. The molecule has 1 aliphatic carbocycles. The van der Waals surface area contributed by atoms with Gasteiger partial charge in [-0.2, -0.15) is 5.26 Å². The van der Waals surface area contributed by atoms with E-state index >= 15 is 0 Å². The van der Waals surface area contributed by atoms with E-state index < -0.39 is 5.54 Å². The van der Waals surface area contributed by atoms with E-state index in [9.17, 15) is 4.79 Å². The van der Waals surface area contributed by atoms with Gasteiger partial charge in [0.2, 0.25) is 5.88 Å². The van der Waals surface area contributed by atoms with E-state index in [2.05, 4.69) is 26.3 Å². The molecule has 2 aromatic rings. The summed E-state index contributed by atoms with van der Waals surface area (Å²) in [5.41, 5.74) is 0.228. The third kappa shape index (κ3) is 2.60. The van der Waals surface area contributed by atoms with E-state index in [1.807, 2.05) is 13.8 Å². The number of amides is 1. The zero-order chi connectivity index (χ0) is 15.7. The van der Waals surface area contributed by atoms with Gasteiger partial charge in [0.15, 0.2) is 0 Å². The fourth-order valence-electron chi connectivity index (χ4n) is 2.14. The molecule has 0 aliphatic heterocycles. The molecule has 1 saturated carbocycles. The molecule has 0 bridgehead atoms. The van der Waals surface area contributed by atoms with Gasteiger partial charge in [-0.1, -0.05) is 13.8 Å². The largest absolute Gasteiger partial charge is 0.477 e. The van der Waals surface area contributed by atoms with Gasteiger partial charge in [0.1, 0.15) is 17.5 Å². The summed E-state index contributed by atoms with van der Waals surface area (Å²) in [4.78, 5) is 23.6. The maximum absolute atomic E-state index is 12.4. The van der Waals surface area contributed by atoms with E-state index in [1.54, 1.807) is 6.20 Å². The first-order valence-electron chi connectivity index (χ1n) is 7.23. The fourth-order valence-corrected chi connectivity index (χ4v) is 2.14. The smallest absolute Gasteiger partial charge is 0.254 e. The molecule has 0 radical (unpaired) electrons. The van der Waals surface area contributed by atoms with Crippen molar-refractivity contribution < 1.29 is 9.53 Å². The third-order valence-corrected chi connectivity index (χ3v) is 3.55. The second-order valence-corrected chi connectivity index (χ2v) is 5.96. The van der Waals surface area contributed by atoms with Crippen molar-refractivity contribution in [1.82, 2.24) is 20.3 Å². The van der Waals surface area contributed by atoms with Crippen molar-refractivity contribution in [3.8, 4) is 11.9 Å². The van der Waals surface area contributed by atoms with E-state index in [0.717, 1.165) is 0 Å². The molecular formula is C15H17N5O2. The van der Waals surface area contributed by atoms with Crippen LogP contribution in [0.1, 0.15) is 37.0 Å². The number of hydrogen-bond acceptors (Lipinski definition) is 5. The number of fused-ring (bicyclic) bond motifs is 1. The summed E-state index contributed by atoms with van der Waals surface area (Å²) in [6.45, 7) is 4.57. The van der Waals surface area contributed by atoms with Crippen molar-refractivity contribution >= 4 is 16.9 Å². The maximum atomic E-state index is 12.4. The zero-order valence-corrected chi connectivity index (χ0v) is 12.5. The summed E-state index contributed by atoms with van der Waals surface area (Å²) in [7, 11) is 0. The summed E-state index contributed by atoms with van der Waals surface area (Å²) in [6.07, 6.45) is 4.34. The molecule has 7 nitrogen and oxygen atoms in total. The maximum Gasteiger partial charge on any atom is 0.254 e. The minimum Gasteiger partial charge on any atom is -0.477 e. The Hall–Kier alpha value is -2.62. The highest BCUT2D eigenvalue weighted by atomic mass is 16.5. The number of nitrogens with one attached hydrogen (secondary N) is 2. The van der Waals surface area contributed by atoms with Gasteiger partial charge >= 0.3 is 0 Å². The molecule has 0 spiro atoms. The first kappa shape index (κ1) is 14.3. The SMILES string of the molecule is CC(C)COc1ncnc2[nH]cc(C(=O)NC3(C#N)CC3)c12. The Balaban J connectivity index is 1.92. The lowest BCUT2D eigenvalue weighted by atomic mass is 10.2. The van der Waals surface area contributed by atoms with Gasteiger partial charge in [0.25, 0.3) is 5.91 Å². The number of rotatable bonds is 5. The number of carbonyl (C=O) groups excluding carboxylic acids is 1. The van der Waals surface area contributed by atoms with E-state index in [0.29, 0.717) is 47.8 Å². The molecule has 1 aliphatic rings. The number of nitrogens with zero attached hydrogens (tertiary/aromatic N) is 3. The Labute approximate surface area is 127 Å². The van der Waals surface area contributed by atoms with Gasteiger partial charge in [0.05, 0.1) is 23.6 Å². The van der Waals surface area contributed by atoms with Crippen LogP contribution in [0.5, 0.6) is 5.88 Å². The minimum absolute atomic E-state index is 0.311. The average molecular weight is 299 g/mol. The van der Waals surface area contributed by atoms with Gasteiger partial charge < -0.3 is 15.0 Å². The lowest BCUT2D eigenvalue weighted by molar-refractivity contribution is 0.0943. The van der Waals surface area contributed by atoms with Crippen LogP contribution in [0.15, 0.2) is 12.5 Å². The molecule has 2 aromatic heterocycles. The molecular weight excluding hydrogens is 282 g/mol. The summed E-state index contributed by atoms with van der Waals surface area (Å²) in [5.74, 6) is 0.413. The van der Waals surface area contributed by atoms with Crippen LogP contribution in [0, 0.1) is 17.2 Å². The van der Waals surface area contributed by atoms with E-state index in [-0.39, 0.29) is 5.91 Å². The molecule has 114 valence electrons. The Morgan fingerprint density at radius 1 is 1.55 bits per heavy atom. The number of nitriles is 1. The quantitative estimate of drug-likeness (QED) is 0.875. The first-order valence-corrected chi connectivity index (χ1v) is 7.23. The molecule has 0 saturated heterocycles. The highest BCUT2D eigenvalue weighted by Gasteiger charge is 2.45. The normalized spacial score (nSPS) is 15.5. The van der Waals surface area contributed by atoms with E-state index in [4.69, 9.17) is 10.00 Å². The van der Waals surface area contributed by atoms with Gasteiger partial charge in [-0.3, -0.25) is 4.79 Å². The number of aromatic nitrogens is 3. The van der Waals surface area contributed by atoms with Crippen LogP contribution in [-0.2, 0) is 0 Å². The van der Waals surface area contributed by atoms with Crippen molar-refractivity contribution in [1.29, 1.82) is 5.26 Å². The van der Waals surface area contributed by atoms with Crippen LogP contribution >= 0.6 is 0 Å². The Bertz CT molecular complexity index is 755.